The van der Waals surface area contributed by atoms with Crippen molar-refractivity contribution in [3.63, 3.8) is 0 Å². The first kappa shape index (κ1) is 18.8. The van der Waals surface area contributed by atoms with Gasteiger partial charge in [0.2, 0.25) is 0 Å². The summed E-state index contributed by atoms with van der Waals surface area (Å²) in [5.41, 5.74) is 6.05. The predicted molar refractivity (Wildman–Crippen MR) is 110 cm³/mol. The molecule has 0 atom stereocenters. The van der Waals surface area contributed by atoms with Crippen LogP contribution in [0.4, 0.5) is 0 Å². The molecule has 0 spiro atoms. The quantitative estimate of drug-likeness (QED) is 0.439. The van der Waals surface area contributed by atoms with Gasteiger partial charge >= 0.3 is 0 Å². The van der Waals surface area contributed by atoms with E-state index in [0.29, 0.717) is 18.2 Å². The number of methoxy groups -OCH3 is 1. The van der Waals surface area contributed by atoms with Crippen molar-refractivity contribution in [1.29, 1.82) is 0 Å². The Labute approximate surface area is 164 Å². The molecule has 1 N–H and O–H groups in total. The number of para-hydroxylation sites is 2. The second kappa shape index (κ2) is 9.64. The number of hydrogen-bond donors (Lipinski definition) is 1. The number of rotatable bonds is 8. The Morgan fingerprint density at radius 3 is 2.41 bits per heavy atom. The Morgan fingerprint density at radius 2 is 1.63 bits per heavy atom. The number of hydrogen-bond acceptors (Lipinski definition) is 4. The number of benzene rings is 3. The molecule has 0 bridgehead atoms. The van der Waals surface area contributed by atoms with Gasteiger partial charge in [0.15, 0.2) is 0 Å². The predicted octanol–water partition coefficient (Wildman–Crippen LogP) is 5.05. The molecule has 0 fully saturated rings. The van der Waals surface area contributed by atoms with Crippen LogP contribution in [0.15, 0.2) is 77.9 Å². The number of hydrazone groups is 1. The van der Waals surface area contributed by atoms with Crippen molar-refractivity contribution in [1.82, 2.24) is 5.43 Å². The normalized spacial score (nSPS) is 10.7. The van der Waals surface area contributed by atoms with Gasteiger partial charge in [-0.05, 0) is 35.9 Å². The molecule has 3 rings (SSSR count). The standard InChI is InChI=1S/C22H21ClN2O2/c1-26-21-8-4-2-6-18(21)14-24-25-15-19-7-3-5-9-22(19)27-16-17-10-12-20(23)13-11-17/h2-13,15,24H,14,16H2,1H3/b25-15+. The molecule has 3 aromatic carbocycles. The summed E-state index contributed by atoms with van der Waals surface area (Å²) in [6, 6.07) is 23.3. The molecule has 0 aliphatic heterocycles. The van der Waals surface area contributed by atoms with Gasteiger partial charge in [0.05, 0.1) is 19.9 Å². The molecular formula is C22H21ClN2O2. The molecule has 138 valence electrons. The average Bonchev–Trinajstić information content (AvgIpc) is 2.72. The van der Waals surface area contributed by atoms with Gasteiger partial charge in [0.25, 0.3) is 0 Å². The van der Waals surface area contributed by atoms with E-state index < -0.39 is 0 Å². The highest BCUT2D eigenvalue weighted by molar-refractivity contribution is 6.30. The third-order valence-corrected chi connectivity index (χ3v) is 4.24. The van der Waals surface area contributed by atoms with Crippen molar-refractivity contribution in [2.24, 2.45) is 5.10 Å². The van der Waals surface area contributed by atoms with Crippen LogP contribution in [0.2, 0.25) is 5.02 Å². The van der Waals surface area contributed by atoms with Gasteiger partial charge < -0.3 is 14.9 Å². The molecule has 5 heteroatoms. The van der Waals surface area contributed by atoms with Crippen molar-refractivity contribution in [2.45, 2.75) is 13.2 Å². The van der Waals surface area contributed by atoms with Gasteiger partial charge in [0.1, 0.15) is 18.1 Å². The lowest BCUT2D eigenvalue weighted by Gasteiger charge is -2.09. The smallest absolute Gasteiger partial charge is 0.128 e. The molecule has 0 saturated heterocycles. The Balaban J connectivity index is 1.60. The molecule has 0 unspecified atom stereocenters. The van der Waals surface area contributed by atoms with Crippen LogP contribution in [-0.2, 0) is 13.2 Å². The van der Waals surface area contributed by atoms with E-state index >= 15 is 0 Å². The monoisotopic (exact) mass is 380 g/mol. The summed E-state index contributed by atoms with van der Waals surface area (Å²) in [4.78, 5) is 0. The lowest BCUT2D eigenvalue weighted by atomic mass is 10.2. The number of halogens is 1. The fraction of sp³-hybridized carbons (Fsp3) is 0.136. The molecular weight excluding hydrogens is 360 g/mol. The highest BCUT2D eigenvalue weighted by Gasteiger charge is 2.02. The second-order valence-electron chi connectivity index (χ2n) is 5.86. The Kier molecular flexibility index (Phi) is 6.72. The van der Waals surface area contributed by atoms with E-state index in [1.54, 1.807) is 13.3 Å². The third kappa shape index (κ3) is 5.50. The Hall–Kier alpha value is -2.98. The summed E-state index contributed by atoms with van der Waals surface area (Å²) in [6.45, 7) is 1.05. The molecule has 0 radical (unpaired) electrons. The Morgan fingerprint density at radius 1 is 0.926 bits per heavy atom. The van der Waals surface area contributed by atoms with Crippen molar-refractivity contribution < 1.29 is 9.47 Å². The molecule has 27 heavy (non-hydrogen) atoms. The van der Waals surface area contributed by atoms with Crippen LogP contribution in [0.5, 0.6) is 11.5 Å². The van der Waals surface area contributed by atoms with E-state index in [-0.39, 0.29) is 0 Å². The second-order valence-corrected chi connectivity index (χ2v) is 6.29. The first-order valence-electron chi connectivity index (χ1n) is 8.60. The minimum absolute atomic E-state index is 0.469. The Bertz CT molecular complexity index is 895. The van der Waals surface area contributed by atoms with Crippen molar-refractivity contribution in [3.8, 4) is 11.5 Å². The van der Waals surface area contributed by atoms with Crippen LogP contribution in [0.3, 0.4) is 0 Å². The summed E-state index contributed by atoms with van der Waals surface area (Å²) in [6.07, 6.45) is 1.76. The van der Waals surface area contributed by atoms with Crippen molar-refractivity contribution in [2.75, 3.05) is 7.11 Å². The maximum Gasteiger partial charge on any atom is 0.128 e. The first-order chi connectivity index (χ1) is 13.3. The summed E-state index contributed by atoms with van der Waals surface area (Å²) in [5.74, 6) is 1.61. The van der Waals surface area contributed by atoms with Gasteiger partial charge in [-0.1, -0.05) is 54.1 Å². The zero-order chi connectivity index (χ0) is 18.9. The van der Waals surface area contributed by atoms with Crippen LogP contribution >= 0.6 is 11.6 Å². The fourth-order valence-corrected chi connectivity index (χ4v) is 2.68. The SMILES string of the molecule is COc1ccccc1CN/N=C/c1ccccc1OCc1ccc(Cl)cc1. The molecule has 0 heterocycles. The van der Waals surface area contributed by atoms with Crippen LogP contribution in [-0.4, -0.2) is 13.3 Å². The molecule has 0 amide bonds. The zero-order valence-corrected chi connectivity index (χ0v) is 15.8. The van der Waals surface area contributed by atoms with E-state index in [0.717, 1.165) is 28.2 Å². The van der Waals surface area contributed by atoms with Crippen molar-refractivity contribution in [3.05, 3.63) is 94.5 Å². The molecule has 3 aromatic rings. The summed E-state index contributed by atoms with van der Waals surface area (Å²) >= 11 is 5.92. The van der Waals surface area contributed by atoms with E-state index in [4.69, 9.17) is 21.1 Å². The van der Waals surface area contributed by atoms with Crippen molar-refractivity contribution >= 4 is 17.8 Å². The lowest BCUT2D eigenvalue weighted by molar-refractivity contribution is 0.306. The van der Waals surface area contributed by atoms with E-state index in [1.807, 2.05) is 72.8 Å². The number of nitrogens with one attached hydrogen (secondary N) is 1. The fourth-order valence-electron chi connectivity index (χ4n) is 2.56. The van der Waals surface area contributed by atoms with Crippen LogP contribution in [0.1, 0.15) is 16.7 Å². The molecule has 0 saturated carbocycles. The lowest BCUT2D eigenvalue weighted by Crippen LogP contribution is -2.07. The summed E-state index contributed by atoms with van der Waals surface area (Å²) < 4.78 is 11.3. The number of ether oxygens (including phenoxy) is 2. The molecule has 0 aromatic heterocycles. The van der Waals surface area contributed by atoms with E-state index in [1.165, 1.54) is 0 Å². The highest BCUT2D eigenvalue weighted by atomic mass is 35.5. The van der Waals surface area contributed by atoms with E-state index in [9.17, 15) is 0 Å². The average molecular weight is 381 g/mol. The maximum atomic E-state index is 5.93. The van der Waals surface area contributed by atoms with Gasteiger partial charge in [-0.25, -0.2) is 0 Å². The van der Waals surface area contributed by atoms with Crippen LogP contribution < -0.4 is 14.9 Å². The molecule has 4 nitrogen and oxygen atoms in total. The summed E-state index contributed by atoms with van der Waals surface area (Å²) in [5, 5.41) is 5.03. The molecule has 0 aliphatic carbocycles. The summed E-state index contributed by atoms with van der Waals surface area (Å²) in [7, 11) is 1.66. The van der Waals surface area contributed by atoms with Crippen LogP contribution in [0.25, 0.3) is 0 Å². The molecule has 0 aliphatic rings. The van der Waals surface area contributed by atoms with Crippen LogP contribution in [0, 0.1) is 0 Å². The largest absolute Gasteiger partial charge is 0.496 e. The maximum absolute atomic E-state index is 5.93. The van der Waals surface area contributed by atoms with E-state index in [2.05, 4.69) is 10.5 Å². The number of nitrogens with zero attached hydrogens (tertiary/aromatic N) is 1. The van der Waals surface area contributed by atoms with Gasteiger partial charge in [-0.2, -0.15) is 5.10 Å². The minimum Gasteiger partial charge on any atom is -0.496 e. The van der Waals surface area contributed by atoms with Gasteiger partial charge in [-0.3, -0.25) is 0 Å². The van der Waals surface area contributed by atoms with Gasteiger partial charge in [-0.15, -0.1) is 0 Å². The highest BCUT2D eigenvalue weighted by Crippen LogP contribution is 2.19. The topological polar surface area (TPSA) is 42.8 Å². The first-order valence-corrected chi connectivity index (χ1v) is 8.98. The van der Waals surface area contributed by atoms with Gasteiger partial charge in [0, 0.05) is 16.1 Å². The third-order valence-electron chi connectivity index (χ3n) is 3.98. The minimum atomic E-state index is 0.469. The zero-order valence-electron chi connectivity index (χ0n) is 15.1.